The van der Waals surface area contributed by atoms with Gasteiger partial charge in [0.25, 0.3) is 5.91 Å². The number of piperidine rings is 1. The Morgan fingerprint density at radius 2 is 2.04 bits per heavy atom. The smallest absolute Gasteiger partial charge is 0.272 e. The molecule has 27 heavy (non-hydrogen) atoms. The van der Waals surface area contributed by atoms with Crippen LogP contribution in [0.4, 0.5) is 0 Å². The average molecular weight is 389 g/mol. The Hall–Kier alpha value is -2.34. The lowest BCUT2D eigenvalue weighted by Crippen LogP contribution is -2.39. The van der Waals surface area contributed by atoms with E-state index in [0.717, 1.165) is 37.9 Å². The van der Waals surface area contributed by atoms with E-state index in [9.17, 15) is 9.59 Å². The summed E-state index contributed by atoms with van der Waals surface area (Å²) >= 11 is 5.95. The molecule has 0 aliphatic carbocycles. The van der Waals surface area contributed by atoms with Crippen molar-refractivity contribution in [3.05, 3.63) is 52.8 Å². The SMILES string of the molecule is Cn1nccc1C(=O)N1CCC(CCC(=O)NCc2cccc(Cl)c2)CC1. The Morgan fingerprint density at radius 3 is 2.70 bits per heavy atom. The summed E-state index contributed by atoms with van der Waals surface area (Å²) in [7, 11) is 1.78. The molecule has 0 saturated carbocycles. The Kier molecular flexibility index (Phi) is 6.50. The number of rotatable bonds is 6. The van der Waals surface area contributed by atoms with Crippen LogP contribution in [0.15, 0.2) is 36.5 Å². The predicted molar refractivity (Wildman–Crippen MR) is 104 cm³/mol. The highest BCUT2D eigenvalue weighted by Crippen LogP contribution is 2.23. The monoisotopic (exact) mass is 388 g/mol. The maximum atomic E-state index is 12.5. The van der Waals surface area contributed by atoms with Gasteiger partial charge >= 0.3 is 0 Å². The van der Waals surface area contributed by atoms with E-state index >= 15 is 0 Å². The first-order chi connectivity index (χ1) is 13.0. The van der Waals surface area contributed by atoms with Gasteiger partial charge in [-0.1, -0.05) is 23.7 Å². The molecule has 0 spiro atoms. The van der Waals surface area contributed by atoms with Crippen LogP contribution in [0.3, 0.4) is 0 Å². The van der Waals surface area contributed by atoms with E-state index < -0.39 is 0 Å². The van der Waals surface area contributed by atoms with Gasteiger partial charge in [0, 0.05) is 44.3 Å². The number of aryl methyl sites for hydroxylation is 1. The molecule has 1 aromatic carbocycles. The molecule has 1 fully saturated rings. The molecule has 3 rings (SSSR count). The zero-order valence-corrected chi connectivity index (χ0v) is 16.3. The summed E-state index contributed by atoms with van der Waals surface area (Å²) in [4.78, 5) is 26.5. The van der Waals surface area contributed by atoms with Gasteiger partial charge in [0.15, 0.2) is 0 Å². The molecule has 6 nitrogen and oxygen atoms in total. The van der Waals surface area contributed by atoms with Crippen molar-refractivity contribution in [2.75, 3.05) is 13.1 Å². The van der Waals surface area contributed by atoms with E-state index in [1.54, 1.807) is 24.0 Å². The molecule has 0 bridgehead atoms. The van der Waals surface area contributed by atoms with Gasteiger partial charge in [-0.3, -0.25) is 14.3 Å². The number of amides is 2. The van der Waals surface area contributed by atoms with Crippen LogP contribution in [0.1, 0.15) is 41.7 Å². The first-order valence-electron chi connectivity index (χ1n) is 9.31. The fraction of sp³-hybridized carbons (Fsp3) is 0.450. The van der Waals surface area contributed by atoms with E-state index in [1.807, 2.05) is 29.2 Å². The van der Waals surface area contributed by atoms with E-state index in [2.05, 4.69) is 10.4 Å². The third-order valence-electron chi connectivity index (χ3n) is 5.10. The minimum Gasteiger partial charge on any atom is -0.352 e. The number of nitrogens with one attached hydrogen (secondary N) is 1. The highest BCUT2D eigenvalue weighted by Gasteiger charge is 2.25. The number of hydrogen-bond donors (Lipinski definition) is 1. The number of carbonyl (C=O) groups is 2. The summed E-state index contributed by atoms with van der Waals surface area (Å²) in [5, 5.41) is 7.68. The first kappa shape index (κ1) is 19.4. The molecule has 1 aliphatic heterocycles. The first-order valence-corrected chi connectivity index (χ1v) is 9.69. The fourth-order valence-electron chi connectivity index (χ4n) is 3.44. The summed E-state index contributed by atoms with van der Waals surface area (Å²) in [6, 6.07) is 9.25. The highest BCUT2D eigenvalue weighted by atomic mass is 35.5. The summed E-state index contributed by atoms with van der Waals surface area (Å²) in [5.74, 6) is 0.577. The van der Waals surface area contributed by atoms with Crippen molar-refractivity contribution >= 4 is 23.4 Å². The lowest BCUT2D eigenvalue weighted by molar-refractivity contribution is -0.121. The second kappa shape index (κ2) is 9.04. The maximum absolute atomic E-state index is 12.5. The normalized spacial score (nSPS) is 15.0. The van der Waals surface area contributed by atoms with Crippen LogP contribution < -0.4 is 5.32 Å². The standard InChI is InChI=1S/C20H25ClN4O2/c1-24-18(7-10-23-24)20(27)25-11-8-15(9-12-25)5-6-19(26)22-14-16-3-2-4-17(21)13-16/h2-4,7,10,13,15H,5-6,8-9,11-12,14H2,1H3,(H,22,26). The van der Waals surface area contributed by atoms with Gasteiger partial charge in [-0.2, -0.15) is 5.10 Å². The summed E-state index contributed by atoms with van der Waals surface area (Å²) in [5.41, 5.74) is 1.62. The van der Waals surface area contributed by atoms with Crippen LogP contribution in [0.5, 0.6) is 0 Å². The second-order valence-corrected chi connectivity index (χ2v) is 7.46. The zero-order chi connectivity index (χ0) is 19.2. The molecule has 1 saturated heterocycles. The van der Waals surface area contributed by atoms with Gasteiger partial charge < -0.3 is 10.2 Å². The van der Waals surface area contributed by atoms with Gasteiger partial charge in [0.2, 0.25) is 5.91 Å². The van der Waals surface area contributed by atoms with Crippen molar-refractivity contribution in [1.29, 1.82) is 0 Å². The van der Waals surface area contributed by atoms with Crippen LogP contribution in [-0.4, -0.2) is 39.6 Å². The fourth-order valence-corrected chi connectivity index (χ4v) is 3.65. The molecule has 0 unspecified atom stereocenters. The van der Waals surface area contributed by atoms with Crippen LogP contribution in [0.25, 0.3) is 0 Å². The van der Waals surface area contributed by atoms with Crippen molar-refractivity contribution in [2.45, 2.75) is 32.2 Å². The van der Waals surface area contributed by atoms with Crippen molar-refractivity contribution in [2.24, 2.45) is 13.0 Å². The van der Waals surface area contributed by atoms with Crippen LogP contribution in [0.2, 0.25) is 5.02 Å². The van der Waals surface area contributed by atoms with Crippen LogP contribution >= 0.6 is 11.6 Å². The van der Waals surface area contributed by atoms with Crippen LogP contribution in [0, 0.1) is 5.92 Å². The Bertz CT molecular complexity index is 797. The Labute approximate surface area is 164 Å². The minimum absolute atomic E-state index is 0.0349. The van der Waals surface area contributed by atoms with Crippen molar-refractivity contribution < 1.29 is 9.59 Å². The summed E-state index contributed by atoms with van der Waals surface area (Å²) in [6.45, 7) is 1.97. The molecular formula is C20H25ClN4O2. The quantitative estimate of drug-likeness (QED) is 0.827. The minimum atomic E-state index is 0.0349. The third-order valence-corrected chi connectivity index (χ3v) is 5.34. The third kappa shape index (κ3) is 5.32. The average Bonchev–Trinajstić information content (AvgIpc) is 3.10. The molecule has 1 aliphatic rings. The molecule has 7 heteroatoms. The number of halogens is 1. The lowest BCUT2D eigenvalue weighted by Gasteiger charge is -2.31. The van der Waals surface area contributed by atoms with Gasteiger partial charge in [-0.15, -0.1) is 0 Å². The molecule has 2 heterocycles. The van der Waals surface area contributed by atoms with Gasteiger partial charge in [0.05, 0.1) is 0 Å². The van der Waals surface area contributed by atoms with Crippen molar-refractivity contribution in [1.82, 2.24) is 20.0 Å². The molecule has 2 amide bonds. The Balaban J connectivity index is 1.37. The molecule has 2 aromatic rings. The molecule has 144 valence electrons. The topological polar surface area (TPSA) is 67.2 Å². The number of hydrogen-bond acceptors (Lipinski definition) is 3. The van der Waals surface area contributed by atoms with E-state index in [4.69, 9.17) is 11.6 Å². The number of nitrogens with zero attached hydrogens (tertiary/aromatic N) is 3. The highest BCUT2D eigenvalue weighted by molar-refractivity contribution is 6.30. The molecule has 0 radical (unpaired) electrons. The summed E-state index contributed by atoms with van der Waals surface area (Å²) in [6.07, 6.45) is 4.88. The number of aromatic nitrogens is 2. The number of likely N-dealkylation sites (tertiary alicyclic amines) is 1. The maximum Gasteiger partial charge on any atom is 0.272 e. The van der Waals surface area contributed by atoms with Crippen molar-refractivity contribution in [3.8, 4) is 0 Å². The van der Waals surface area contributed by atoms with Gasteiger partial charge in [0.1, 0.15) is 5.69 Å². The predicted octanol–water partition coefficient (Wildman–Crippen LogP) is 3.02. The Morgan fingerprint density at radius 1 is 1.26 bits per heavy atom. The zero-order valence-electron chi connectivity index (χ0n) is 15.5. The number of carbonyl (C=O) groups excluding carboxylic acids is 2. The molecule has 1 aromatic heterocycles. The summed E-state index contributed by atoms with van der Waals surface area (Å²) < 4.78 is 1.61. The van der Waals surface area contributed by atoms with E-state index in [-0.39, 0.29) is 11.8 Å². The molecular weight excluding hydrogens is 364 g/mol. The molecule has 1 N–H and O–H groups in total. The second-order valence-electron chi connectivity index (χ2n) is 7.02. The van der Waals surface area contributed by atoms with E-state index in [1.165, 1.54) is 0 Å². The lowest BCUT2D eigenvalue weighted by atomic mass is 9.92. The number of benzene rings is 1. The van der Waals surface area contributed by atoms with Crippen LogP contribution in [-0.2, 0) is 18.4 Å². The van der Waals surface area contributed by atoms with Crippen molar-refractivity contribution in [3.63, 3.8) is 0 Å². The van der Waals surface area contributed by atoms with Gasteiger partial charge in [-0.05, 0) is 48.9 Å². The van der Waals surface area contributed by atoms with Gasteiger partial charge in [-0.25, -0.2) is 0 Å². The van der Waals surface area contributed by atoms with E-state index in [0.29, 0.717) is 29.6 Å². The molecule has 0 atom stereocenters. The largest absolute Gasteiger partial charge is 0.352 e.